The van der Waals surface area contributed by atoms with Gasteiger partial charge in [-0.1, -0.05) is 32.2 Å². The standard InChI is InChI=1S/C14H23ClOSi/c1-11(17(5,6)15)12-8-7-9-13(10-12)16-14(2,3)4/h7-11H,1-6H3. The fourth-order valence-electron chi connectivity index (χ4n) is 1.60. The first-order chi connectivity index (χ1) is 7.59. The summed E-state index contributed by atoms with van der Waals surface area (Å²) in [5.74, 6) is 0.928. The van der Waals surface area contributed by atoms with Gasteiger partial charge in [0.1, 0.15) is 11.4 Å². The summed E-state index contributed by atoms with van der Waals surface area (Å²) in [6, 6.07) is 8.30. The number of ether oxygens (including phenoxy) is 1. The van der Waals surface area contributed by atoms with E-state index in [0.717, 1.165) is 5.75 Å². The van der Waals surface area contributed by atoms with E-state index >= 15 is 0 Å². The van der Waals surface area contributed by atoms with Gasteiger partial charge < -0.3 is 4.74 Å². The molecule has 1 atom stereocenters. The summed E-state index contributed by atoms with van der Waals surface area (Å²) >= 11 is 6.50. The molecule has 0 spiro atoms. The normalized spacial score (nSPS) is 14.5. The van der Waals surface area contributed by atoms with Crippen LogP contribution in [0, 0.1) is 0 Å². The molecule has 0 saturated heterocycles. The second-order valence-corrected chi connectivity index (χ2v) is 13.0. The lowest BCUT2D eigenvalue weighted by molar-refractivity contribution is 0.131. The molecular formula is C14H23ClOSi. The molecule has 1 unspecified atom stereocenters. The van der Waals surface area contributed by atoms with Crippen LogP contribution in [0.1, 0.15) is 38.8 Å². The molecule has 0 heterocycles. The Morgan fingerprint density at radius 2 is 1.82 bits per heavy atom. The molecule has 0 aliphatic rings. The van der Waals surface area contributed by atoms with Crippen LogP contribution in [0.3, 0.4) is 0 Å². The van der Waals surface area contributed by atoms with Crippen molar-refractivity contribution >= 4 is 18.5 Å². The first-order valence-electron chi connectivity index (χ1n) is 6.07. The van der Waals surface area contributed by atoms with Crippen LogP contribution in [0.25, 0.3) is 0 Å². The minimum Gasteiger partial charge on any atom is -0.488 e. The number of rotatable bonds is 3. The van der Waals surface area contributed by atoms with Gasteiger partial charge in [-0.05, 0) is 44.0 Å². The number of hydrogen-bond donors (Lipinski definition) is 0. The van der Waals surface area contributed by atoms with E-state index in [1.54, 1.807) is 0 Å². The Bertz CT molecular complexity index is 377. The van der Waals surface area contributed by atoms with E-state index < -0.39 is 7.38 Å². The summed E-state index contributed by atoms with van der Waals surface area (Å²) < 4.78 is 5.88. The maximum atomic E-state index is 6.50. The predicted octanol–water partition coefficient (Wildman–Crippen LogP) is 4.95. The fourth-order valence-corrected chi connectivity index (χ4v) is 2.95. The van der Waals surface area contributed by atoms with Crippen molar-refractivity contribution in [3.8, 4) is 5.75 Å². The summed E-state index contributed by atoms with van der Waals surface area (Å²) in [6.07, 6.45) is 0. The molecule has 0 radical (unpaired) electrons. The number of hydrogen-bond acceptors (Lipinski definition) is 1. The predicted molar refractivity (Wildman–Crippen MR) is 78.6 cm³/mol. The summed E-state index contributed by atoms with van der Waals surface area (Å²) in [4.78, 5) is 0. The molecule has 1 nitrogen and oxygen atoms in total. The molecule has 1 aromatic carbocycles. The van der Waals surface area contributed by atoms with E-state index in [-0.39, 0.29) is 5.60 Å². The highest BCUT2D eigenvalue weighted by Crippen LogP contribution is 2.31. The van der Waals surface area contributed by atoms with Crippen molar-refractivity contribution in [2.45, 2.75) is 51.9 Å². The van der Waals surface area contributed by atoms with Crippen LogP contribution in [0.15, 0.2) is 24.3 Å². The van der Waals surface area contributed by atoms with Crippen LogP contribution in [0.4, 0.5) is 0 Å². The van der Waals surface area contributed by atoms with Crippen LogP contribution in [0.2, 0.25) is 13.1 Å². The van der Waals surface area contributed by atoms with Crippen molar-refractivity contribution in [2.24, 2.45) is 0 Å². The third kappa shape index (κ3) is 4.72. The molecule has 17 heavy (non-hydrogen) atoms. The molecule has 1 aromatic rings. The van der Waals surface area contributed by atoms with E-state index in [1.165, 1.54) is 5.56 Å². The largest absolute Gasteiger partial charge is 0.488 e. The first kappa shape index (κ1) is 14.6. The molecule has 0 amide bonds. The lowest BCUT2D eigenvalue weighted by atomic mass is 10.1. The van der Waals surface area contributed by atoms with Gasteiger partial charge in [-0.2, -0.15) is 11.1 Å². The maximum Gasteiger partial charge on any atom is 0.157 e. The molecule has 0 bridgehead atoms. The van der Waals surface area contributed by atoms with Crippen LogP contribution in [-0.2, 0) is 0 Å². The Balaban J connectivity index is 2.94. The third-order valence-electron chi connectivity index (χ3n) is 2.81. The Morgan fingerprint density at radius 1 is 1.24 bits per heavy atom. The third-order valence-corrected chi connectivity index (χ3v) is 6.19. The van der Waals surface area contributed by atoms with E-state index in [9.17, 15) is 0 Å². The summed E-state index contributed by atoms with van der Waals surface area (Å²) in [6.45, 7) is 12.7. The molecule has 96 valence electrons. The monoisotopic (exact) mass is 270 g/mol. The molecule has 0 aliphatic heterocycles. The smallest absolute Gasteiger partial charge is 0.157 e. The van der Waals surface area contributed by atoms with Gasteiger partial charge in [0.25, 0.3) is 0 Å². The van der Waals surface area contributed by atoms with E-state index in [4.69, 9.17) is 15.8 Å². The van der Waals surface area contributed by atoms with Gasteiger partial charge in [0.15, 0.2) is 7.38 Å². The Hall–Kier alpha value is -0.473. The lowest BCUT2D eigenvalue weighted by Crippen LogP contribution is -2.26. The average Bonchev–Trinajstić information content (AvgIpc) is 2.12. The highest BCUT2D eigenvalue weighted by atomic mass is 35.6. The zero-order chi connectivity index (χ0) is 13.3. The fraction of sp³-hybridized carbons (Fsp3) is 0.571. The molecule has 3 heteroatoms. The quantitative estimate of drug-likeness (QED) is 0.558. The van der Waals surface area contributed by atoms with Gasteiger partial charge in [0, 0.05) is 0 Å². The van der Waals surface area contributed by atoms with Crippen molar-refractivity contribution in [1.82, 2.24) is 0 Å². The SMILES string of the molecule is CC(c1cccc(OC(C)(C)C)c1)[Si](C)(C)Cl. The van der Waals surface area contributed by atoms with Gasteiger partial charge in [-0.25, -0.2) is 0 Å². The Morgan fingerprint density at radius 3 is 2.29 bits per heavy atom. The second kappa shape index (κ2) is 5.03. The highest BCUT2D eigenvalue weighted by molar-refractivity contribution is 7.19. The molecule has 0 N–H and O–H groups in total. The van der Waals surface area contributed by atoms with E-state index in [2.05, 4.69) is 52.9 Å². The van der Waals surface area contributed by atoms with Crippen molar-refractivity contribution in [1.29, 1.82) is 0 Å². The van der Waals surface area contributed by atoms with Crippen LogP contribution >= 0.6 is 11.1 Å². The number of benzene rings is 1. The zero-order valence-electron chi connectivity index (χ0n) is 11.7. The van der Waals surface area contributed by atoms with Crippen LogP contribution in [-0.4, -0.2) is 13.0 Å². The first-order valence-corrected chi connectivity index (χ1v) is 10.2. The number of halogens is 1. The van der Waals surface area contributed by atoms with Crippen LogP contribution in [0.5, 0.6) is 5.75 Å². The van der Waals surface area contributed by atoms with E-state index in [0.29, 0.717) is 5.54 Å². The lowest BCUT2D eigenvalue weighted by Gasteiger charge is -2.25. The summed E-state index contributed by atoms with van der Waals surface area (Å²) in [5.41, 5.74) is 1.54. The zero-order valence-corrected chi connectivity index (χ0v) is 13.4. The van der Waals surface area contributed by atoms with Gasteiger partial charge in [-0.15, -0.1) is 0 Å². The summed E-state index contributed by atoms with van der Waals surface area (Å²) in [7, 11) is -1.67. The Kier molecular flexibility index (Phi) is 4.31. The van der Waals surface area contributed by atoms with Crippen LogP contribution < -0.4 is 4.74 Å². The molecule has 1 rings (SSSR count). The van der Waals surface area contributed by atoms with Crippen molar-refractivity contribution < 1.29 is 4.74 Å². The minimum absolute atomic E-state index is 0.157. The van der Waals surface area contributed by atoms with Crippen molar-refractivity contribution in [3.63, 3.8) is 0 Å². The average molecular weight is 271 g/mol. The molecule has 0 aliphatic carbocycles. The Labute approximate surface area is 111 Å². The van der Waals surface area contributed by atoms with Gasteiger partial charge in [-0.3, -0.25) is 0 Å². The maximum absolute atomic E-state index is 6.50. The topological polar surface area (TPSA) is 9.23 Å². The molecule has 0 fully saturated rings. The molecular weight excluding hydrogens is 248 g/mol. The van der Waals surface area contributed by atoms with Gasteiger partial charge in [0.2, 0.25) is 0 Å². The summed E-state index contributed by atoms with van der Waals surface area (Å²) in [5, 5.41) is 0. The second-order valence-electron chi connectivity index (χ2n) is 6.07. The highest BCUT2D eigenvalue weighted by Gasteiger charge is 2.27. The molecule has 0 saturated carbocycles. The molecule has 0 aromatic heterocycles. The van der Waals surface area contributed by atoms with E-state index in [1.807, 2.05) is 12.1 Å². The minimum atomic E-state index is -1.67. The van der Waals surface area contributed by atoms with Crippen molar-refractivity contribution in [2.75, 3.05) is 0 Å². The van der Waals surface area contributed by atoms with Gasteiger partial charge in [0.05, 0.1) is 0 Å². The van der Waals surface area contributed by atoms with Gasteiger partial charge >= 0.3 is 0 Å². The van der Waals surface area contributed by atoms with Crippen molar-refractivity contribution in [3.05, 3.63) is 29.8 Å².